The van der Waals surface area contributed by atoms with Crippen molar-refractivity contribution in [2.24, 2.45) is 0 Å². The third kappa shape index (κ3) is 2.07. The third-order valence-corrected chi connectivity index (χ3v) is 3.45. The van der Waals surface area contributed by atoms with Crippen molar-refractivity contribution in [2.75, 3.05) is 0 Å². The molecule has 0 saturated heterocycles. The Morgan fingerprint density at radius 3 is 2.18 bits per heavy atom. The lowest BCUT2D eigenvalue weighted by Crippen LogP contribution is -2.02. The first-order valence-corrected chi connectivity index (χ1v) is 6.35. The van der Waals surface area contributed by atoms with Crippen LogP contribution in [0.4, 0.5) is 0 Å². The maximum absolute atomic E-state index is 11.4. The molecule has 0 saturated carbocycles. The highest BCUT2D eigenvalue weighted by atomic mass is 32.2. The van der Waals surface area contributed by atoms with Gasteiger partial charge in [-0.15, -0.1) is 0 Å². The van der Waals surface area contributed by atoms with Gasteiger partial charge in [0.2, 0.25) is 0 Å². The summed E-state index contributed by atoms with van der Waals surface area (Å²) in [6, 6.07) is 9.23. The van der Waals surface area contributed by atoms with Crippen LogP contribution in [0.3, 0.4) is 0 Å². The van der Waals surface area contributed by atoms with Gasteiger partial charge in [0.05, 0.1) is 0 Å². The fourth-order valence-corrected chi connectivity index (χ4v) is 2.50. The standard InChI is InChI=1S/C12H10O4S/c1-8(13)9-6-7-12(17(14,15)16)11-5-3-2-4-10(9)11/h2-7H,1H3,(H,14,15,16). The second kappa shape index (κ2) is 3.94. The number of carbonyl (C=O) groups excluding carboxylic acids is 1. The Bertz CT molecular complexity index is 702. The van der Waals surface area contributed by atoms with Gasteiger partial charge < -0.3 is 0 Å². The number of fused-ring (bicyclic) bond motifs is 1. The van der Waals surface area contributed by atoms with Crippen LogP contribution in [0.15, 0.2) is 41.3 Å². The zero-order valence-corrected chi connectivity index (χ0v) is 9.86. The minimum Gasteiger partial charge on any atom is -0.294 e. The third-order valence-electron chi connectivity index (χ3n) is 2.54. The Balaban J connectivity index is 2.95. The van der Waals surface area contributed by atoms with Crippen LogP contribution in [0.5, 0.6) is 0 Å². The van der Waals surface area contributed by atoms with Crippen LogP contribution in [0, 0.1) is 0 Å². The molecule has 0 atom stereocenters. The molecule has 2 rings (SSSR count). The van der Waals surface area contributed by atoms with E-state index >= 15 is 0 Å². The van der Waals surface area contributed by atoms with Gasteiger partial charge in [0, 0.05) is 10.9 Å². The predicted octanol–water partition coefficient (Wildman–Crippen LogP) is 2.29. The van der Waals surface area contributed by atoms with Crippen LogP contribution < -0.4 is 0 Å². The Labute approximate surface area is 98.6 Å². The first kappa shape index (κ1) is 11.8. The van der Waals surface area contributed by atoms with Gasteiger partial charge in [-0.05, 0) is 24.4 Å². The number of benzene rings is 2. The first-order valence-electron chi connectivity index (χ1n) is 4.91. The maximum Gasteiger partial charge on any atom is 0.295 e. The fourth-order valence-electron chi connectivity index (χ4n) is 1.80. The van der Waals surface area contributed by atoms with Gasteiger partial charge >= 0.3 is 0 Å². The van der Waals surface area contributed by atoms with E-state index in [0.717, 1.165) is 0 Å². The average molecular weight is 250 g/mol. The Morgan fingerprint density at radius 1 is 1.06 bits per heavy atom. The molecule has 0 aliphatic heterocycles. The summed E-state index contributed by atoms with van der Waals surface area (Å²) in [5.74, 6) is -0.150. The van der Waals surface area contributed by atoms with E-state index in [0.29, 0.717) is 16.3 Å². The van der Waals surface area contributed by atoms with Crippen LogP contribution in [0.25, 0.3) is 10.8 Å². The highest BCUT2D eigenvalue weighted by molar-refractivity contribution is 7.86. The molecule has 2 aromatic rings. The van der Waals surface area contributed by atoms with Crippen molar-refractivity contribution in [3.8, 4) is 0 Å². The molecule has 0 heterocycles. The number of hydrogen-bond acceptors (Lipinski definition) is 3. The lowest BCUT2D eigenvalue weighted by Gasteiger charge is -2.07. The summed E-state index contributed by atoms with van der Waals surface area (Å²) in [5, 5.41) is 0.873. The average Bonchev–Trinajstić information content (AvgIpc) is 2.26. The highest BCUT2D eigenvalue weighted by Crippen LogP contribution is 2.26. The van der Waals surface area contributed by atoms with E-state index < -0.39 is 10.1 Å². The van der Waals surface area contributed by atoms with Gasteiger partial charge in [-0.25, -0.2) is 0 Å². The Hall–Kier alpha value is -1.72. The normalized spacial score (nSPS) is 11.6. The Morgan fingerprint density at radius 2 is 1.65 bits per heavy atom. The summed E-state index contributed by atoms with van der Waals surface area (Å²) in [6.07, 6.45) is 0. The second-order valence-corrected chi connectivity index (χ2v) is 5.08. The SMILES string of the molecule is CC(=O)c1ccc(S(=O)(=O)O)c2ccccc12. The molecule has 0 unspecified atom stereocenters. The van der Waals surface area contributed by atoms with Crippen LogP contribution in [0.2, 0.25) is 0 Å². The molecule has 17 heavy (non-hydrogen) atoms. The molecule has 0 bridgehead atoms. The molecule has 0 aromatic heterocycles. The summed E-state index contributed by atoms with van der Waals surface area (Å²) < 4.78 is 31.5. The molecule has 2 aromatic carbocycles. The molecule has 0 spiro atoms. The summed E-state index contributed by atoms with van der Waals surface area (Å²) in [6.45, 7) is 1.41. The van der Waals surface area contributed by atoms with Crippen molar-refractivity contribution in [1.29, 1.82) is 0 Å². The molecule has 4 nitrogen and oxygen atoms in total. The quantitative estimate of drug-likeness (QED) is 0.655. The van der Waals surface area contributed by atoms with Gasteiger partial charge in [0.1, 0.15) is 4.90 Å². The highest BCUT2D eigenvalue weighted by Gasteiger charge is 2.16. The van der Waals surface area contributed by atoms with Crippen molar-refractivity contribution in [3.63, 3.8) is 0 Å². The summed E-state index contributed by atoms with van der Waals surface area (Å²) in [5.41, 5.74) is 0.438. The molecule has 0 radical (unpaired) electrons. The van der Waals surface area contributed by atoms with Gasteiger partial charge in [-0.2, -0.15) is 8.42 Å². The molecular formula is C12H10O4S. The van der Waals surface area contributed by atoms with Crippen molar-refractivity contribution >= 4 is 26.7 Å². The van der Waals surface area contributed by atoms with Crippen LogP contribution >= 0.6 is 0 Å². The maximum atomic E-state index is 11.4. The van der Waals surface area contributed by atoms with Crippen LogP contribution in [-0.2, 0) is 10.1 Å². The van der Waals surface area contributed by atoms with Crippen molar-refractivity contribution in [3.05, 3.63) is 42.0 Å². The van der Waals surface area contributed by atoms with E-state index in [4.69, 9.17) is 4.55 Å². The number of rotatable bonds is 2. The van der Waals surface area contributed by atoms with E-state index in [1.165, 1.54) is 19.1 Å². The van der Waals surface area contributed by atoms with Gasteiger partial charge in [0.15, 0.2) is 5.78 Å². The van der Waals surface area contributed by atoms with Crippen LogP contribution in [-0.4, -0.2) is 18.8 Å². The van der Waals surface area contributed by atoms with E-state index in [1.54, 1.807) is 24.3 Å². The Kier molecular flexibility index (Phi) is 2.73. The molecule has 0 fully saturated rings. The molecular weight excluding hydrogens is 240 g/mol. The second-order valence-electron chi connectivity index (χ2n) is 3.69. The monoisotopic (exact) mass is 250 g/mol. The lowest BCUT2D eigenvalue weighted by atomic mass is 10.0. The zero-order valence-electron chi connectivity index (χ0n) is 9.04. The number of carbonyl (C=O) groups is 1. The van der Waals surface area contributed by atoms with Crippen molar-refractivity contribution in [1.82, 2.24) is 0 Å². The predicted molar refractivity (Wildman–Crippen MR) is 63.8 cm³/mol. The zero-order chi connectivity index (χ0) is 12.6. The van der Waals surface area contributed by atoms with Crippen molar-refractivity contribution < 1.29 is 17.8 Å². The van der Waals surface area contributed by atoms with Gasteiger partial charge in [0.25, 0.3) is 10.1 Å². The number of hydrogen-bond donors (Lipinski definition) is 1. The minimum atomic E-state index is -4.28. The molecule has 0 amide bonds. The van der Waals surface area contributed by atoms with Crippen LogP contribution in [0.1, 0.15) is 17.3 Å². The summed E-state index contributed by atoms with van der Waals surface area (Å²) in [4.78, 5) is 11.2. The first-order chi connectivity index (χ1) is 7.91. The number of Topliss-reactive ketones (excluding diaryl/α,β-unsaturated/α-hetero) is 1. The molecule has 0 aliphatic rings. The van der Waals surface area contributed by atoms with Crippen molar-refractivity contribution in [2.45, 2.75) is 11.8 Å². The van der Waals surface area contributed by atoms with E-state index in [-0.39, 0.29) is 10.7 Å². The van der Waals surface area contributed by atoms with E-state index in [2.05, 4.69) is 0 Å². The molecule has 88 valence electrons. The molecule has 1 N–H and O–H groups in total. The topological polar surface area (TPSA) is 71.4 Å². The molecule has 5 heteroatoms. The smallest absolute Gasteiger partial charge is 0.294 e. The number of ketones is 1. The van der Waals surface area contributed by atoms with E-state index in [9.17, 15) is 13.2 Å². The summed E-state index contributed by atoms with van der Waals surface area (Å²) >= 11 is 0. The van der Waals surface area contributed by atoms with Gasteiger partial charge in [-0.3, -0.25) is 9.35 Å². The minimum absolute atomic E-state index is 0.150. The van der Waals surface area contributed by atoms with Gasteiger partial charge in [-0.1, -0.05) is 24.3 Å². The summed E-state index contributed by atoms with van der Waals surface area (Å²) in [7, 11) is -4.28. The fraction of sp³-hybridized carbons (Fsp3) is 0.0833. The lowest BCUT2D eigenvalue weighted by molar-refractivity contribution is 0.101. The van der Waals surface area contributed by atoms with E-state index in [1.807, 2.05) is 0 Å². The molecule has 0 aliphatic carbocycles. The largest absolute Gasteiger partial charge is 0.295 e.